The van der Waals surface area contributed by atoms with Crippen LogP contribution in [0, 0.1) is 11.3 Å². The molecule has 3 aromatic rings. The molecule has 0 spiro atoms. The summed E-state index contributed by atoms with van der Waals surface area (Å²) < 4.78 is 5.71. The minimum absolute atomic E-state index is 0.561. The molecule has 3 rings (SSSR count). The van der Waals surface area contributed by atoms with Crippen molar-refractivity contribution >= 4 is 34.6 Å². The fraction of sp³-hybridized carbons (Fsp3) is 0.125. The Morgan fingerprint density at radius 3 is 2.71 bits per heavy atom. The molecule has 0 bridgehead atoms. The molecule has 5 heteroatoms. The van der Waals surface area contributed by atoms with E-state index >= 15 is 0 Å². The summed E-state index contributed by atoms with van der Waals surface area (Å²) in [6.07, 6.45) is 0. The van der Waals surface area contributed by atoms with Crippen molar-refractivity contribution in [1.82, 2.24) is 4.98 Å². The zero-order valence-electron chi connectivity index (χ0n) is 11.4. The zero-order valence-corrected chi connectivity index (χ0v) is 13.0. The van der Waals surface area contributed by atoms with Crippen molar-refractivity contribution in [2.75, 3.05) is 5.75 Å². The number of benzene rings is 2. The fourth-order valence-corrected chi connectivity index (χ4v) is 3.69. The third-order valence-corrected chi connectivity index (χ3v) is 4.72. The molecule has 0 aliphatic heterocycles. The lowest BCUT2D eigenvalue weighted by atomic mass is 10.2. The molecule has 0 saturated heterocycles. The van der Waals surface area contributed by atoms with Crippen molar-refractivity contribution in [1.29, 1.82) is 5.26 Å². The van der Waals surface area contributed by atoms with Crippen LogP contribution in [-0.2, 0) is 0 Å². The Kier molecular flexibility index (Phi) is 4.18. The van der Waals surface area contributed by atoms with Gasteiger partial charge in [0, 0.05) is 9.79 Å². The fourth-order valence-electron chi connectivity index (χ4n) is 1.97. The Morgan fingerprint density at radius 2 is 1.95 bits per heavy atom. The van der Waals surface area contributed by atoms with E-state index in [4.69, 9.17) is 4.42 Å². The Balaban J connectivity index is 1.97. The Labute approximate surface area is 131 Å². The summed E-state index contributed by atoms with van der Waals surface area (Å²) in [6, 6.07) is 15.8. The predicted octanol–water partition coefficient (Wildman–Crippen LogP) is 4.96. The summed E-state index contributed by atoms with van der Waals surface area (Å²) >= 11 is 3.06. The molecule has 0 radical (unpaired) electrons. The first-order valence-corrected chi connectivity index (χ1v) is 8.31. The van der Waals surface area contributed by atoms with Gasteiger partial charge < -0.3 is 4.42 Å². The van der Waals surface area contributed by atoms with Gasteiger partial charge in [-0.05, 0) is 41.8 Å². The molecular formula is C16H12N2OS2. The molecule has 0 aliphatic carbocycles. The maximum atomic E-state index is 9.42. The number of nitrogens with zero attached hydrogens (tertiary/aromatic N) is 2. The Morgan fingerprint density at radius 1 is 1.14 bits per heavy atom. The third kappa shape index (κ3) is 2.92. The van der Waals surface area contributed by atoms with Crippen molar-refractivity contribution in [3.05, 3.63) is 48.0 Å². The first kappa shape index (κ1) is 14.1. The average molecular weight is 312 g/mol. The summed E-state index contributed by atoms with van der Waals surface area (Å²) in [6.45, 7) is 2.08. The van der Waals surface area contributed by atoms with Crippen LogP contribution in [0.5, 0.6) is 0 Å². The van der Waals surface area contributed by atoms with E-state index < -0.39 is 0 Å². The molecule has 0 N–H and O–H groups in total. The number of thioether (sulfide) groups is 1. The highest BCUT2D eigenvalue weighted by Crippen LogP contribution is 2.35. The first-order chi connectivity index (χ1) is 10.3. The second-order valence-electron chi connectivity index (χ2n) is 4.22. The highest BCUT2D eigenvalue weighted by molar-refractivity contribution is 8.00. The smallest absolute Gasteiger partial charge is 0.261 e. The molecule has 1 heterocycles. The van der Waals surface area contributed by atoms with Gasteiger partial charge in [0.1, 0.15) is 11.6 Å². The number of aromatic nitrogens is 1. The van der Waals surface area contributed by atoms with Gasteiger partial charge in [0.25, 0.3) is 5.22 Å². The van der Waals surface area contributed by atoms with E-state index in [-0.39, 0.29) is 0 Å². The second kappa shape index (κ2) is 6.25. The molecule has 0 saturated carbocycles. The van der Waals surface area contributed by atoms with E-state index in [0.717, 1.165) is 26.6 Å². The molecule has 1 aromatic heterocycles. The highest BCUT2D eigenvalue weighted by atomic mass is 32.2. The van der Waals surface area contributed by atoms with Gasteiger partial charge in [-0.25, -0.2) is 4.98 Å². The number of oxazole rings is 1. The van der Waals surface area contributed by atoms with Crippen LogP contribution >= 0.6 is 23.5 Å². The maximum absolute atomic E-state index is 9.42. The van der Waals surface area contributed by atoms with Crippen molar-refractivity contribution in [3.8, 4) is 6.07 Å². The van der Waals surface area contributed by atoms with Crippen molar-refractivity contribution < 1.29 is 4.42 Å². The number of rotatable bonds is 4. The number of hydrogen-bond acceptors (Lipinski definition) is 5. The van der Waals surface area contributed by atoms with E-state index in [9.17, 15) is 5.26 Å². The normalized spacial score (nSPS) is 10.7. The van der Waals surface area contributed by atoms with Crippen LogP contribution in [0.3, 0.4) is 0 Å². The molecular weight excluding hydrogens is 300 g/mol. The largest absolute Gasteiger partial charge is 0.431 e. The summed E-state index contributed by atoms with van der Waals surface area (Å²) in [4.78, 5) is 6.32. The van der Waals surface area contributed by atoms with E-state index in [1.807, 2.05) is 42.5 Å². The van der Waals surface area contributed by atoms with Crippen LogP contribution in [0.1, 0.15) is 12.5 Å². The lowest BCUT2D eigenvalue weighted by Crippen LogP contribution is -1.86. The number of nitriles is 1. The minimum Gasteiger partial charge on any atom is -0.431 e. The van der Waals surface area contributed by atoms with Gasteiger partial charge in [-0.1, -0.05) is 25.1 Å². The average Bonchev–Trinajstić information content (AvgIpc) is 2.90. The number of para-hydroxylation sites is 2. The molecule has 21 heavy (non-hydrogen) atoms. The molecule has 0 fully saturated rings. The molecule has 0 atom stereocenters. The van der Waals surface area contributed by atoms with Crippen molar-refractivity contribution in [2.45, 2.75) is 21.9 Å². The van der Waals surface area contributed by atoms with Crippen LogP contribution < -0.4 is 0 Å². The molecule has 0 unspecified atom stereocenters. The van der Waals surface area contributed by atoms with Crippen LogP contribution in [0.2, 0.25) is 0 Å². The maximum Gasteiger partial charge on any atom is 0.261 e. The lowest BCUT2D eigenvalue weighted by molar-refractivity contribution is 0.489. The Bertz CT molecular complexity index is 788. The third-order valence-electron chi connectivity index (χ3n) is 2.87. The molecule has 2 aromatic carbocycles. The van der Waals surface area contributed by atoms with Gasteiger partial charge in [0.05, 0.1) is 5.56 Å². The number of fused-ring (bicyclic) bond motifs is 1. The van der Waals surface area contributed by atoms with Crippen LogP contribution in [0.4, 0.5) is 0 Å². The van der Waals surface area contributed by atoms with Crippen molar-refractivity contribution in [3.63, 3.8) is 0 Å². The predicted molar refractivity (Wildman–Crippen MR) is 85.7 cm³/mol. The van der Waals surface area contributed by atoms with Gasteiger partial charge in [-0.3, -0.25) is 0 Å². The lowest BCUT2D eigenvalue weighted by Gasteiger charge is -2.05. The molecule has 3 nitrogen and oxygen atoms in total. The van der Waals surface area contributed by atoms with E-state index in [0.29, 0.717) is 10.8 Å². The van der Waals surface area contributed by atoms with E-state index in [1.54, 1.807) is 11.8 Å². The zero-order chi connectivity index (χ0) is 14.7. The minimum atomic E-state index is 0.561. The standard InChI is InChI=1S/C16H12N2OS2/c1-2-20-14-8-5-9-15(11(14)10-17)21-16-18-12-6-3-4-7-13(12)19-16/h3-9H,2H2,1H3. The van der Waals surface area contributed by atoms with E-state index in [1.165, 1.54) is 11.8 Å². The molecule has 0 amide bonds. The van der Waals surface area contributed by atoms with Gasteiger partial charge in [-0.15, -0.1) is 11.8 Å². The Hall–Kier alpha value is -1.90. The first-order valence-electron chi connectivity index (χ1n) is 6.51. The van der Waals surface area contributed by atoms with Gasteiger partial charge in [0.15, 0.2) is 5.58 Å². The van der Waals surface area contributed by atoms with E-state index in [2.05, 4.69) is 18.0 Å². The molecule has 0 aliphatic rings. The molecule has 104 valence electrons. The topological polar surface area (TPSA) is 49.8 Å². The van der Waals surface area contributed by atoms with Crippen LogP contribution in [0.15, 0.2) is 61.9 Å². The number of hydrogen-bond donors (Lipinski definition) is 0. The van der Waals surface area contributed by atoms with Gasteiger partial charge in [0.2, 0.25) is 0 Å². The summed E-state index contributed by atoms with van der Waals surface area (Å²) in [5, 5.41) is 9.98. The summed E-state index contributed by atoms with van der Waals surface area (Å²) in [7, 11) is 0. The highest BCUT2D eigenvalue weighted by Gasteiger charge is 2.13. The summed E-state index contributed by atoms with van der Waals surface area (Å²) in [5.41, 5.74) is 2.28. The second-order valence-corrected chi connectivity index (χ2v) is 6.52. The summed E-state index contributed by atoms with van der Waals surface area (Å²) in [5.74, 6) is 0.936. The quantitative estimate of drug-likeness (QED) is 0.637. The van der Waals surface area contributed by atoms with Crippen LogP contribution in [0.25, 0.3) is 11.1 Å². The van der Waals surface area contributed by atoms with Crippen LogP contribution in [-0.4, -0.2) is 10.7 Å². The van der Waals surface area contributed by atoms with Crippen molar-refractivity contribution in [2.24, 2.45) is 0 Å². The van der Waals surface area contributed by atoms with Gasteiger partial charge >= 0.3 is 0 Å². The monoisotopic (exact) mass is 312 g/mol. The van der Waals surface area contributed by atoms with Gasteiger partial charge in [-0.2, -0.15) is 5.26 Å². The SMILES string of the molecule is CCSc1cccc(Sc2nc3ccccc3o2)c1C#N.